The molecule has 0 atom stereocenters. The second kappa shape index (κ2) is 4.14. The minimum absolute atomic E-state index is 0.648. The summed E-state index contributed by atoms with van der Waals surface area (Å²) in [7, 11) is 1.88. The predicted octanol–water partition coefficient (Wildman–Crippen LogP) is 1.61. The van der Waals surface area contributed by atoms with Crippen LogP contribution in [-0.2, 0) is 13.6 Å². The van der Waals surface area contributed by atoms with Gasteiger partial charge in [-0.1, -0.05) is 17.3 Å². The predicted molar refractivity (Wildman–Crippen MR) is 69.2 cm³/mol. The highest BCUT2D eigenvalue weighted by atomic mass is 15.4. The number of imidazole rings is 1. The van der Waals surface area contributed by atoms with Crippen LogP contribution in [0.5, 0.6) is 0 Å². The molecular formula is C12H14N6. The van der Waals surface area contributed by atoms with E-state index in [0.29, 0.717) is 6.54 Å². The van der Waals surface area contributed by atoms with Gasteiger partial charge in [0.25, 0.3) is 0 Å². The Morgan fingerprint density at radius 3 is 2.89 bits per heavy atom. The number of para-hydroxylation sites is 2. The molecule has 92 valence electrons. The van der Waals surface area contributed by atoms with Gasteiger partial charge in [-0.05, 0) is 19.1 Å². The van der Waals surface area contributed by atoms with Crippen LogP contribution < -0.4 is 5.32 Å². The Morgan fingerprint density at radius 1 is 1.33 bits per heavy atom. The van der Waals surface area contributed by atoms with Crippen molar-refractivity contribution in [1.29, 1.82) is 0 Å². The molecule has 0 amide bonds. The molecule has 3 aromatic rings. The molecule has 0 saturated carbocycles. The summed E-state index contributed by atoms with van der Waals surface area (Å²) >= 11 is 0. The lowest BCUT2D eigenvalue weighted by Crippen LogP contribution is -2.07. The average Bonchev–Trinajstić information content (AvgIpc) is 2.91. The maximum absolute atomic E-state index is 4.45. The van der Waals surface area contributed by atoms with Gasteiger partial charge in [-0.3, -0.25) is 4.68 Å². The molecule has 18 heavy (non-hydrogen) atoms. The molecule has 0 aliphatic heterocycles. The molecule has 2 aromatic heterocycles. The first-order chi connectivity index (χ1) is 8.74. The number of anilines is 1. The van der Waals surface area contributed by atoms with Crippen molar-refractivity contribution in [2.75, 3.05) is 5.32 Å². The summed E-state index contributed by atoms with van der Waals surface area (Å²) < 4.78 is 1.77. The number of aryl methyl sites for hydroxylation is 2. The minimum Gasteiger partial charge on any atom is -0.350 e. The average molecular weight is 242 g/mol. The first-order valence-electron chi connectivity index (χ1n) is 5.78. The van der Waals surface area contributed by atoms with E-state index in [9.17, 15) is 0 Å². The largest absolute Gasteiger partial charge is 0.350 e. The van der Waals surface area contributed by atoms with Crippen molar-refractivity contribution in [3.63, 3.8) is 0 Å². The molecule has 6 nitrogen and oxygen atoms in total. The van der Waals surface area contributed by atoms with Crippen molar-refractivity contribution < 1.29 is 0 Å². The number of nitrogens with one attached hydrogen (secondary N) is 2. The molecule has 0 spiro atoms. The Labute approximate surface area is 104 Å². The molecule has 6 heteroatoms. The Hall–Kier alpha value is -2.37. The molecule has 0 radical (unpaired) electrons. The second-order valence-electron chi connectivity index (χ2n) is 4.20. The standard InChI is InChI=1S/C12H14N6/c1-8-11(18(2)17-16-8)7-13-12-14-9-5-3-4-6-10(9)15-12/h3-6H,7H2,1-2H3,(H2,13,14,15). The number of aromatic nitrogens is 5. The molecule has 0 aliphatic carbocycles. The highest BCUT2D eigenvalue weighted by Crippen LogP contribution is 2.14. The minimum atomic E-state index is 0.648. The van der Waals surface area contributed by atoms with Crippen LogP contribution in [0.2, 0.25) is 0 Å². The van der Waals surface area contributed by atoms with Crippen molar-refractivity contribution in [2.45, 2.75) is 13.5 Å². The number of hydrogen-bond donors (Lipinski definition) is 2. The van der Waals surface area contributed by atoms with Gasteiger partial charge in [0.2, 0.25) is 5.95 Å². The first kappa shape index (κ1) is 10.8. The Kier molecular flexibility index (Phi) is 2.47. The summed E-state index contributed by atoms with van der Waals surface area (Å²) in [6.45, 7) is 2.60. The van der Waals surface area contributed by atoms with E-state index in [1.54, 1.807) is 4.68 Å². The van der Waals surface area contributed by atoms with Gasteiger partial charge in [0.15, 0.2) is 0 Å². The lowest BCUT2D eigenvalue weighted by atomic mass is 10.3. The lowest BCUT2D eigenvalue weighted by Gasteiger charge is -2.03. The molecule has 0 bridgehead atoms. The zero-order valence-corrected chi connectivity index (χ0v) is 10.3. The van der Waals surface area contributed by atoms with Crippen LogP contribution in [0.1, 0.15) is 11.4 Å². The number of nitrogens with zero attached hydrogens (tertiary/aromatic N) is 4. The highest BCUT2D eigenvalue weighted by molar-refractivity contribution is 5.77. The highest BCUT2D eigenvalue weighted by Gasteiger charge is 2.07. The number of rotatable bonds is 3. The van der Waals surface area contributed by atoms with Gasteiger partial charge in [0.1, 0.15) is 0 Å². The topological polar surface area (TPSA) is 71.4 Å². The van der Waals surface area contributed by atoms with Gasteiger partial charge in [-0.15, -0.1) is 5.10 Å². The Morgan fingerprint density at radius 2 is 2.17 bits per heavy atom. The van der Waals surface area contributed by atoms with E-state index in [1.165, 1.54) is 0 Å². The fourth-order valence-corrected chi connectivity index (χ4v) is 1.93. The maximum Gasteiger partial charge on any atom is 0.201 e. The third-order valence-electron chi connectivity index (χ3n) is 2.95. The zero-order chi connectivity index (χ0) is 12.5. The molecule has 1 aromatic carbocycles. The van der Waals surface area contributed by atoms with Crippen LogP contribution in [0.3, 0.4) is 0 Å². The van der Waals surface area contributed by atoms with Crippen molar-refractivity contribution in [1.82, 2.24) is 25.0 Å². The lowest BCUT2D eigenvalue weighted by molar-refractivity contribution is 0.683. The van der Waals surface area contributed by atoms with E-state index in [-0.39, 0.29) is 0 Å². The number of benzene rings is 1. The molecule has 2 heterocycles. The fraction of sp³-hybridized carbons (Fsp3) is 0.250. The molecule has 2 N–H and O–H groups in total. The third kappa shape index (κ3) is 1.81. The summed E-state index contributed by atoms with van der Waals surface area (Å²) in [5.74, 6) is 0.761. The molecule has 0 fully saturated rings. The van der Waals surface area contributed by atoms with Crippen LogP contribution in [0, 0.1) is 6.92 Å². The molecule has 0 saturated heterocycles. The van der Waals surface area contributed by atoms with Gasteiger partial charge >= 0.3 is 0 Å². The van der Waals surface area contributed by atoms with E-state index in [1.807, 2.05) is 38.2 Å². The van der Waals surface area contributed by atoms with E-state index < -0.39 is 0 Å². The van der Waals surface area contributed by atoms with E-state index >= 15 is 0 Å². The fourth-order valence-electron chi connectivity index (χ4n) is 1.93. The zero-order valence-electron chi connectivity index (χ0n) is 10.3. The van der Waals surface area contributed by atoms with Crippen LogP contribution in [0.25, 0.3) is 11.0 Å². The molecular weight excluding hydrogens is 228 g/mol. The Balaban J connectivity index is 1.81. The van der Waals surface area contributed by atoms with E-state index in [4.69, 9.17) is 0 Å². The number of H-pyrrole nitrogens is 1. The first-order valence-corrected chi connectivity index (χ1v) is 5.78. The van der Waals surface area contributed by atoms with Crippen molar-refractivity contribution in [2.24, 2.45) is 7.05 Å². The van der Waals surface area contributed by atoms with Crippen LogP contribution >= 0.6 is 0 Å². The summed E-state index contributed by atoms with van der Waals surface area (Å²) in [5, 5.41) is 11.2. The van der Waals surface area contributed by atoms with Crippen LogP contribution in [-0.4, -0.2) is 25.0 Å². The maximum atomic E-state index is 4.45. The smallest absolute Gasteiger partial charge is 0.201 e. The van der Waals surface area contributed by atoms with E-state index in [2.05, 4.69) is 25.6 Å². The summed E-state index contributed by atoms with van der Waals surface area (Å²) in [6.07, 6.45) is 0. The molecule has 0 unspecified atom stereocenters. The summed E-state index contributed by atoms with van der Waals surface area (Å²) in [5.41, 5.74) is 3.97. The number of fused-ring (bicyclic) bond motifs is 1. The van der Waals surface area contributed by atoms with Crippen LogP contribution in [0.4, 0.5) is 5.95 Å². The van der Waals surface area contributed by atoms with Gasteiger partial charge in [-0.25, -0.2) is 4.98 Å². The Bertz CT molecular complexity index is 628. The third-order valence-corrected chi connectivity index (χ3v) is 2.95. The van der Waals surface area contributed by atoms with E-state index in [0.717, 1.165) is 28.4 Å². The summed E-state index contributed by atoms with van der Waals surface area (Å²) in [4.78, 5) is 7.68. The SMILES string of the molecule is Cc1nnn(C)c1CNc1nc2ccccc2[nH]1. The van der Waals surface area contributed by atoms with Crippen molar-refractivity contribution in [3.8, 4) is 0 Å². The van der Waals surface area contributed by atoms with Crippen molar-refractivity contribution >= 4 is 17.0 Å². The van der Waals surface area contributed by atoms with Gasteiger partial charge in [0, 0.05) is 7.05 Å². The quantitative estimate of drug-likeness (QED) is 0.732. The second-order valence-corrected chi connectivity index (χ2v) is 4.20. The van der Waals surface area contributed by atoms with Crippen molar-refractivity contribution in [3.05, 3.63) is 35.7 Å². The normalized spacial score (nSPS) is 11.0. The van der Waals surface area contributed by atoms with Gasteiger partial charge in [0.05, 0.1) is 29.0 Å². The number of aromatic amines is 1. The monoisotopic (exact) mass is 242 g/mol. The van der Waals surface area contributed by atoms with Crippen LogP contribution in [0.15, 0.2) is 24.3 Å². The molecule has 3 rings (SSSR count). The number of hydrogen-bond acceptors (Lipinski definition) is 4. The summed E-state index contributed by atoms with van der Waals surface area (Å²) in [6, 6.07) is 7.94. The molecule has 0 aliphatic rings. The van der Waals surface area contributed by atoms with Gasteiger partial charge in [-0.2, -0.15) is 0 Å². The van der Waals surface area contributed by atoms with Gasteiger partial charge < -0.3 is 10.3 Å².